The highest BCUT2D eigenvalue weighted by Gasteiger charge is 2.37. The molecule has 0 aromatic carbocycles. The Morgan fingerprint density at radius 2 is 1.14 bits per heavy atom. The van der Waals surface area contributed by atoms with Crippen molar-refractivity contribution in [1.29, 1.82) is 0 Å². The minimum absolute atomic E-state index is 0.500. The van der Waals surface area contributed by atoms with Crippen LogP contribution >= 0.6 is 0 Å². The molecule has 0 aliphatic rings. The van der Waals surface area contributed by atoms with E-state index >= 15 is 0 Å². The minimum Gasteiger partial charge on any atom is -0.377 e. The second-order valence-electron chi connectivity index (χ2n) is 5.63. The quantitative estimate of drug-likeness (QED) is 0.186. The summed E-state index contributed by atoms with van der Waals surface area (Å²) in [5.74, 6) is 0. The number of carbonyl (C=O) groups is 1. The predicted octanol–water partition coefficient (Wildman–Crippen LogP) is -0.274. The summed E-state index contributed by atoms with van der Waals surface area (Å²) < 4.78 is 31.4. The fourth-order valence-corrected chi connectivity index (χ4v) is 5.73. The summed E-state index contributed by atoms with van der Waals surface area (Å²) in [6.07, 6.45) is 1.69. The van der Waals surface area contributed by atoms with Gasteiger partial charge in [0.25, 0.3) is 0 Å². The zero-order valence-electron chi connectivity index (χ0n) is 18.2. The lowest BCUT2D eigenvalue weighted by atomic mass is 10.5. The maximum atomic E-state index is 10.4. The average Bonchev–Trinajstić information content (AvgIpc) is 2.72. The highest BCUT2D eigenvalue weighted by molar-refractivity contribution is 6.60. The molecule has 0 rings (SSSR count). The van der Waals surface area contributed by atoms with E-state index in [0.29, 0.717) is 25.6 Å². The van der Waals surface area contributed by atoms with Crippen molar-refractivity contribution in [2.24, 2.45) is 11.5 Å². The fraction of sp³-hybridized carbons (Fsp3) is 0.933. The van der Waals surface area contributed by atoms with Crippen LogP contribution in [0.3, 0.4) is 0 Å². The maximum Gasteiger partial charge on any atom is 0.500 e. The van der Waals surface area contributed by atoms with Gasteiger partial charge < -0.3 is 48.7 Å². The van der Waals surface area contributed by atoms with Crippen LogP contribution < -0.4 is 22.1 Å². The molecule has 0 aromatic heterocycles. The third-order valence-corrected chi connectivity index (χ3v) is 9.65. The number of primary amides is 1. The molecule has 0 aromatic rings. The summed E-state index contributed by atoms with van der Waals surface area (Å²) in [5.41, 5.74) is 10.3. The van der Waals surface area contributed by atoms with Gasteiger partial charge in [0.1, 0.15) is 0 Å². The number of urea groups is 1. The maximum absolute atomic E-state index is 10.4. The van der Waals surface area contributed by atoms with E-state index in [1.54, 1.807) is 42.7 Å². The molecule has 0 spiro atoms. The molecule has 0 aliphatic heterocycles. The van der Waals surface area contributed by atoms with Crippen LogP contribution in [0.4, 0.5) is 4.79 Å². The molecule has 28 heavy (non-hydrogen) atoms. The molecule has 13 heteroatoms. The number of rotatable bonds is 16. The van der Waals surface area contributed by atoms with Crippen molar-refractivity contribution in [2.75, 3.05) is 68.8 Å². The topological polar surface area (TPSA) is 149 Å². The molecule has 2 amide bonds. The van der Waals surface area contributed by atoms with E-state index in [1.807, 2.05) is 0 Å². The predicted molar refractivity (Wildman–Crippen MR) is 112 cm³/mol. The van der Waals surface area contributed by atoms with Gasteiger partial charge in [0.15, 0.2) is 0 Å². The van der Waals surface area contributed by atoms with Crippen LogP contribution in [-0.2, 0) is 26.6 Å². The Kier molecular flexibility index (Phi) is 19.5. The lowest BCUT2D eigenvalue weighted by molar-refractivity contribution is 0.122. The molecule has 0 saturated carbocycles. The van der Waals surface area contributed by atoms with Crippen molar-refractivity contribution < 1.29 is 31.4 Å². The van der Waals surface area contributed by atoms with E-state index in [9.17, 15) is 4.79 Å². The van der Waals surface area contributed by atoms with E-state index in [2.05, 4.69) is 10.6 Å². The van der Waals surface area contributed by atoms with Crippen molar-refractivity contribution >= 4 is 23.6 Å². The molecule has 170 valence electrons. The van der Waals surface area contributed by atoms with Gasteiger partial charge in [-0.2, -0.15) is 0 Å². The van der Waals surface area contributed by atoms with Gasteiger partial charge >= 0.3 is 23.6 Å². The Hall–Kier alpha value is -0.616. The molecule has 0 fully saturated rings. The zero-order valence-corrected chi connectivity index (χ0v) is 20.2. The molecule has 0 saturated heterocycles. The Morgan fingerprint density at radius 3 is 1.46 bits per heavy atom. The van der Waals surface area contributed by atoms with Gasteiger partial charge in [-0.1, -0.05) is 0 Å². The Labute approximate surface area is 171 Å². The molecule has 0 bridgehead atoms. The van der Waals surface area contributed by atoms with Gasteiger partial charge in [-0.3, -0.25) is 0 Å². The first-order chi connectivity index (χ1) is 13.3. The molecule has 6 N–H and O–H groups in total. The summed E-state index contributed by atoms with van der Waals surface area (Å²) in [6.45, 7) is 2.94. The fourth-order valence-electron chi connectivity index (χ4n) is 2.29. The van der Waals surface area contributed by atoms with Crippen molar-refractivity contribution in [3.63, 3.8) is 0 Å². The Morgan fingerprint density at radius 1 is 0.750 bits per heavy atom. The zero-order chi connectivity index (χ0) is 21.9. The number of amides is 2. The molecule has 11 nitrogen and oxygen atoms in total. The molecule has 0 unspecified atom stereocenters. The lowest BCUT2D eigenvalue weighted by Crippen LogP contribution is -2.43. The second-order valence-corrected chi connectivity index (χ2v) is 11.8. The highest BCUT2D eigenvalue weighted by Crippen LogP contribution is 2.14. The number of hydrogen-bond donors (Lipinski definition) is 4. The largest absolute Gasteiger partial charge is 0.500 e. The number of nitrogens with two attached hydrogens (primary N) is 2. The van der Waals surface area contributed by atoms with Gasteiger partial charge in [-0.15, -0.1) is 0 Å². The van der Waals surface area contributed by atoms with Crippen LogP contribution in [0.1, 0.15) is 12.8 Å². The van der Waals surface area contributed by atoms with Gasteiger partial charge in [0.05, 0.1) is 0 Å². The van der Waals surface area contributed by atoms with Crippen molar-refractivity contribution in [3.05, 3.63) is 0 Å². The van der Waals surface area contributed by atoms with Crippen LogP contribution in [0.5, 0.6) is 0 Å². The SMILES string of the molecule is CO[Si](CCCNC(N)=O)(OC)OC.CO[Si](CCCNCCN)(OC)OC. The molecule has 0 aliphatic carbocycles. The Balaban J connectivity index is 0. The van der Waals surface area contributed by atoms with E-state index in [-0.39, 0.29) is 0 Å². The summed E-state index contributed by atoms with van der Waals surface area (Å²) in [6, 6.07) is 0.953. The van der Waals surface area contributed by atoms with Crippen LogP contribution in [0.15, 0.2) is 0 Å². The van der Waals surface area contributed by atoms with Crippen LogP contribution in [0.2, 0.25) is 12.1 Å². The first-order valence-electron chi connectivity index (χ1n) is 9.09. The first-order valence-corrected chi connectivity index (χ1v) is 13.0. The smallest absolute Gasteiger partial charge is 0.377 e. The number of carbonyl (C=O) groups excluding carboxylic acids is 1. The average molecular weight is 445 g/mol. The number of hydrogen-bond acceptors (Lipinski definition) is 9. The van der Waals surface area contributed by atoms with Crippen LogP contribution in [-0.4, -0.2) is 92.5 Å². The summed E-state index contributed by atoms with van der Waals surface area (Å²) in [7, 11) is 4.73. The monoisotopic (exact) mass is 444 g/mol. The van der Waals surface area contributed by atoms with E-state index in [0.717, 1.165) is 25.6 Å². The second kappa shape index (κ2) is 18.4. The Bertz CT molecular complexity index is 360. The van der Waals surface area contributed by atoms with Gasteiger partial charge in [-0.25, -0.2) is 4.79 Å². The van der Waals surface area contributed by atoms with Crippen molar-refractivity contribution in [3.8, 4) is 0 Å². The molecular formula is C15H40N4O7Si2. The van der Waals surface area contributed by atoms with Crippen molar-refractivity contribution in [2.45, 2.75) is 24.9 Å². The third-order valence-electron chi connectivity index (χ3n) is 3.98. The molecule has 0 atom stereocenters. The highest BCUT2D eigenvalue weighted by atomic mass is 28.4. The van der Waals surface area contributed by atoms with E-state index in [1.165, 1.54) is 0 Å². The van der Waals surface area contributed by atoms with Crippen LogP contribution in [0.25, 0.3) is 0 Å². The standard InChI is InChI=1S/C8H22N2O3Si.C7H18N2O4Si/c1-11-14(12-2,13-3)8-4-6-10-7-5-9;1-11-14(12-2,13-3)6-4-5-9-7(8)10/h10H,4-9H2,1-3H3;4-6H2,1-3H3,(H3,8,9,10). The summed E-state index contributed by atoms with van der Waals surface area (Å²) >= 11 is 0. The normalized spacial score (nSPS) is 11.7. The minimum atomic E-state index is -2.48. The molecule has 0 radical (unpaired) electrons. The van der Waals surface area contributed by atoms with Gasteiger partial charge in [0, 0.05) is 74.4 Å². The molecular weight excluding hydrogens is 404 g/mol. The number of nitrogens with one attached hydrogen (secondary N) is 2. The van der Waals surface area contributed by atoms with Gasteiger partial charge in [-0.05, 0) is 19.4 Å². The lowest BCUT2D eigenvalue weighted by Gasteiger charge is -2.24. The molecule has 0 heterocycles. The summed E-state index contributed by atoms with van der Waals surface area (Å²) in [4.78, 5) is 10.4. The third kappa shape index (κ3) is 13.5. The van der Waals surface area contributed by atoms with Crippen LogP contribution in [0, 0.1) is 0 Å². The first kappa shape index (κ1) is 29.6. The van der Waals surface area contributed by atoms with E-state index in [4.69, 9.17) is 38.0 Å². The van der Waals surface area contributed by atoms with Gasteiger partial charge in [0.2, 0.25) is 0 Å². The van der Waals surface area contributed by atoms with Crippen molar-refractivity contribution in [1.82, 2.24) is 10.6 Å². The summed E-state index contributed by atoms with van der Waals surface area (Å²) in [5, 5.41) is 5.70. The van der Waals surface area contributed by atoms with E-state index < -0.39 is 23.6 Å².